The van der Waals surface area contributed by atoms with E-state index in [1.807, 2.05) is 11.9 Å². The third-order valence-corrected chi connectivity index (χ3v) is 21.4. The zero-order valence-corrected chi connectivity index (χ0v) is 62.2. The lowest BCUT2D eigenvalue weighted by Crippen LogP contribution is -2.46. The van der Waals surface area contributed by atoms with E-state index in [0.717, 1.165) is 110 Å². The van der Waals surface area contributed by atoms with Crippen LogP contribution in [0, 0.1) is 36.0 Å². The van der Waals surface area contributed by atoms with E-state index in [1.165, 1.54) is 24.3 Å². The average Bonchev–Trinajstić information content (AvgIpc) is 1.37. The molecule has 0 unspecified atom stereocenters. The van der Waals surface area contributed by atoms with E-state index in [-0.39, 0.29) is 129 Å². The summed E-state index contributed by atoms with van der Waals surface area (Å²) in [4.78, 5) is 81.6. The van der Waals surface area contributed by atoms with Crippen molar-refractivity contribution in [3.05, 3.63) is 129 Å². The van der Waals surface area contributed by atoms with Crippen LogP contribution in [0.3, 0.4) is 0 Å². The molecule has 4 aliphatic carbocycles. The van der Waals surface area contributed by atoms with Crippen molar-refractivity contribution in [2.75, 3.05) is 85.7 Å². The highest BCUT2D eigenvalue weighted by molar-refractivity contribution is 6.41. The summed E-state index contributed by atoms with van der Waals surface area (Å²) in [5.41, 5.74) is -0.160. The molecule has 22 nitrogen and oxygen atoms in total. The zero-order valence-electron chi connectivity index (χ0n) is 56.2. The van der Waals surface area contributed by atoms with E-state index in [2.05, 4.69) is 66.2 Å². The number of terminal acetylenes is 1. The van der Waals surface area contributed by atoms with Crippen LogP contribution in [-0.2, 0) is 57.1 Å². The van der Waals surface area contributed by atoms with Gasteiger partial charge in [-0.25, -0.2) is 19.9 Å². The van der Waals surface area contributed by atoms with E-state index >= 15 is 0 Å². The Hall–Kier alpha value is -5.72. The number of benzene rings is 4. The number of nitrogens with zero attached hydrogens (tertiary/aromatic N) is 13. The van der Waals surface area contributed by atoms with Gasteiger partial charge in [0.1, 0.15) is 45.4 Å². The number of phenolic OH excluding ortho intramolecular Hbond substituents is 4. The Morgan fingerprint density at radius 2 is 0.740 bits per heavy atom. The van der Waals surface area contributed by atoms with Crippen LogP contribution in [0.5, 0.6) is 23.0 Å². The predicted octanol–water partition coefficient (Wildman–Crippen LogP) is 12.2. The van der Waals surface area contributed by atoms with Crippen LogP contribution in [0.2, 0.25) is 40.2 Å². The second-order valence-electron chi connectivity index (χ2n) is 26.6. The quantitative estimate of drug-likeness (QED) is 0.0518. The molecular formula is C70H81Cl8N13O9. The minimum atomic E-state index is -0.257. The first-order valence-corrected chi connectivity index (χ1v) is 36.9. The lowest BCUT2D eigenvalue weighted by atomic mass is 10.2. The number of halogens is 8. The maximum absolute atomic E-state index is 13.2. The third kappa shape index (κ3) is 17.6. The molecule has 100 heavy (non-hydrogen) atoms. The molecule has 0 radical (unpaired) electrons. The lowest BCUT2D eigenvalue weighted by molar-refractivity contribution is 0.0324. The van der Waals surface area contributed by atoms with Gasteiger partial charge in [0, 0.05) is 65.4 Å². The summed E-state index contributed by atoms with van der Waals surface area (Å²) >= 11 is 48.9. The molecule has 0 spiro atoms. The normalized spacial score (nSPS) is 16.8. The number of piperazine rings is 1. The Balaban J connectivity index is 0.000000135. The molecule has 4 aromatic heterocycles. The molecule has 2 saturated heterocycles. The molecule has 536 valence electrons. The topological polar surface area (TPSA) is 246 Å². The molecule has 4 N–H and O–H groups in total. The minimum absolute atomic E-state index is 0.0715. The molecule has 2 aliphatic heterocycles. The fourth-order valence-electron chi connectivity index (χ4n) is 12.4. The molecule has 6 aliphatic rings. The number of rotatable bonds is 20. The van der Waals surface area contributed by atoms with Crippen molar-refractivity contribution >= 4 is 136 Å². The molecule has 14 rings (SSSR count). The largest absolute Gasteiger partial charge is 0.504 e. The Labute approximate surface area is 618 Å². The molecule has 30 heteroatoms. The van der Waals surface area contributed by atoms with E-state index in [9.17, 15) is 39.6 Å². The van der Waals surface area contributed by atoms with Gasteiger partial charge in [-0.05, 0) is 126 Å². The molecule has 6 fully saturated rings. The lowest BCUT2D eigenvalue weighted by Gasteiger charge is -2.34. The van der Waals surface area contributed by atoms with Crippen LogP contribution >= 0.6 is 92.8 Å². The summed E-state index contributed by atoms with van der Waals surface area (Å²) in [6, 6.07) is 5.58. The Morgan fingerprint density at radius 1 is 0.450 bits per heavy atom. The van der Waals surface area contributed by atoms with Crippen LogP contribution in [-0.4, -0.2) is 169 Å². The number of hydrogen-bond acceptors (Lipinski definition) is 18. The van der Waals surface area contributed by atoms with Crippen molar-refractivity contribution in [2.24, 2.45) is 23.7 Å². The van der Waals surface area contributed by atoms with Gasteiger partial charge in [-0.15, -0.1) is 6.42 Å². The molecular weight excluding hydrogens is 1450 g/mol. The van der Waals surface area contributed by atoms with Gasteiger partial charge in [-0.2, -0.15) is 0 Å². The van der Waals surface area contributed by atoms with Crippen molar-refractivity contribution in [3.8, 4) is 35.3 Å². The Kier molecular flexibility index (Phi) is 24.9. The number of ether oxygens (including phenoxy) is 1. The standard InChI is InChI=1S/C19H24Cl2N4O2.C17H19Cl2N3O3.C17H17Cl2N3O2.C17H21Cl2N3O2/c1-2-23-5-7-24(8-6-23)11-15-22-17-16(13(20)9-14(21)18(17)26)19(27)25(15)10-12-3-4-12;18-11-7-12(19)16(23)15-14(11)17(24)22(8-10-1-2-10)13(20-15)9-21-3-5-25-6-4-21;1-3-6-21(2)9-13-20-15-14(11(18)7-12(19)16(15)23)17(24)22(13)8-10-4-5-10;1-3-21(4-2)9-13-20-15-14(11(18)7-12(19)16(15)23)17(24)22(13)8-10-5-6-10/h9,12,26H,2-8,10-11H2,1H3;7,10,23H,1-6,8-9H2;1,7,10,23H,4-6,8-9H2,2H3;7,10,23H,3-6,8-9H2,1-2H3. The smallest absolute Gasteiger partial charge is 0.263 e. The van der Waals surface area contributed by atoms with Crippen LogP contribution in [0.25, 0.3) is 43.6 Å². The summed E-state index contributed by atoms with van der Waals surface area (Å²) in [6.07, 6.45) is 14.3. The summed E-state index contributed by atoms with van der Waals surface area (Å²) in [5.74, 6) is 6.34. The molecule has 6 heterocycles. The SMILES string of the molecule is C#CCN(C)Cc1nc2c(O)c(Cl)cc(Cl)c2c(=O)n1CC1CC1.CCN(CC)Cc1nc2c(O)c(Cl)cc(Cl)c2c(=O)n1CC1CC1.CCN1CCN(Cc2nc3c(O)c(Cl)cc(Cl)c3c(=O)n2CC2CC2)CC1.O=c1c2c(Cl)cc(Cl)c(O)c2nc(CN2CCOCC2)n1CC1CC1. The zero-order chi connectivity index (χ0) is 71.5. The van der Waals surface area contributed by atoms with Crippen molar-refractivity contribution < 1.29 is 25.2 Å². The highest BCUT2D eigenvalue weighted by atomic mass is 35.5. The summed E-state index contributed by atoms with van der Waals surface area (Å²) in [5, 5.41) is 43.3. The number of fused-ring (bicyclic) bond motifs is 4. The van der Waals surface area contributed by atoms with Crippen molar-refractivity contribution in [3.63, 3.8) is 0 Å². The van der Waals surface area contributed by atoms with Crippen molar-refractivity contribution in [1.29, 1.82) is 0 Å². The third-order valence-electron chi connectivity index (χ3n) is 19.1. The summed E-state index contributed by atoms with van der Waals surface area (Å²) in [6.45, 7) is 20.9. The van der Waals surface area contributed by atoms with Crippen LogP contribution in [0.1, 0.15) is 95.4 Å². The molecule has 4 saturated carbocycles. The maximum Gasteiger partial charge on any atom is 0.263 e. The maximum atomic E-state index is 13.2. The van der Waals surface area contributed by atoms with Gasteiger partial charge >= 0.3 is 0 Å². The van der Waals surface area contributed by atoms with E-state index in [1.54, 1.807) is 18.3 Å². The van der Waals surface area contributed by atoms with Crippen LogP contribution in [0.4, 0.5) is 0 Å². The van der Waals surface area contributed by atoms with Gasteiger partial charge in [-0.3, -0.25) is 57.0 Å². The first kappa shape index (κ1) is 75.4. The number of likely N-dealkylation sites (N-methyl/N-ethyl adjacent to an activating group) is 1. The average molecular weight is 1530 g/mol. The van der Waals surface area contributed by atoms with Crippen LogP contribution in [0.15, 0.2) is 43.4 Å². The first-order valence-electron chi connectivity index (χ1n) is 33.9. The monoisotopic (exact) mass is 1530 g/mol. The Morgan fingerprint density at radius 3 is 1.04 bits per heavy atom. The van der Waals surface area contributed by atoms with E-state index in [4.69, 9.17) is 104 Å². The van der Waals surface area contributed by atoms with Gasteiger partial charge in [0.05, 0.1) is 108 Å². The number of aromatic hydroxyl groups is 4. The fraction of sp³-hybridized carbons (Fsp3) is 0.514. The Bertz CT molecular complexity index is 4690. The summed E-state index contributed by atoms with van der Waals surface area (Å²) in [7, 11) is 1.85. The minimum Gasteiger partial charge on any atom is -0.504 e. The number of aromatic nitrogens is 8. The highest BCUT2D eigenvalue weighted by Gasteiger charge is 2.32. The second kappa shape index (κ2) is 32.9. The van der Waals surface area contributed by atoms with Gasteiger partial charge in [0.25, 0.3) is 22.2 Å². The van der Waals surface area contributed by atoms with Crippen LogP contribution < -0.4 is 22.2 Å². The van der Waals surface area contributed by atoms with Gasteiger partial charge in [0.2, 0.25) is 0 Å². The fourth-order valence-corrected chi connectivity index (χ4v) is 14.5. The van der Waals surface area contributed by atoms with E-state index < -0.39 is 0 Å². The van der Waals surface area contributed by atoms with Crippen molar-refractivity contribution in [1.82, 2.24) is 62.7 Å². The number of hydrogen-bond donors (Lipinski definition) is 4. The first-order chi connectivity index (χ1) is 47.9. The molecule has 0 bridgehead atoms. The summed E-state index contributed by atoms with van der Waals surface area (Å²) < 4.78 is 12.2. The van der Waals surface area contributed by atoms with Crippen molar-refractivity contribution in [2.45, 2.75) is 124 Å². The van der Waals surface area contributed by atoms with Gasteiger partial charge in [0.15, 0.2) is 23.0 Å². The number of phenols is 4. The highest BCUT2D eigenvalue weighted by Crippen LogP contribution is 2.41. The molecule has 0 amide bonds. The van der Waals surface area contributed by atoms with Gasteiger partial charge in [-0.1, -0.05) is 119 Å². The van der Waals surface area contributed by atoms with Gasteiger partial charge < -0.3 is 30.1 Å². The predicted molar refractivity (Wildman–Crippen MR) is 397 cm³/mol. The molecule has 0 atom stereocenters. The second-order valence-corrected chi connectivity index (χ2v) is 29.9. The molecule has 8 aromatic rings. The molecule has 4 aromatic carbocycles. The van der Waals surface area contributed by atoms with E-state index in [0.29, 0.717) is 119 Å². The number of morpholine rings is 1.